The summed E-state index contributed by atoms with van der Waals surface area (Å²) in [7, 11) is 1.63. The summed E-state index contributed by atoms with van der Waals surface area (Å²) in [5, 5.41) is 2.85. The van der Waals surface area contributed by atoms with Gasteiger partial charge in [0, 0.05) is 31.8 Å². The summed E-state index contributed by atoms with van der Waals surface area (Å²) in [4.78, 5) is 16.1. The van der Waals surface area contributed by atoms with E-state index in [1.807, 2.05) is 36.4 Å². The van der Waals surface area contributed by atoms with E-state index in [1.165, 1.54) is 0 Å². The molecule has 0 saturated carbocycles. The molecule has 1 aromatic heterocycles. The first-order valence-electron chi connectivity index (χ1n) is 7.05. The number of hydrogen-bond donors (Lipinski definition) is 1. The Hall–Kier alpha value is -2.64. The number of carbonyl (C=O) groups is 1. The molecule has 0 spiro atoms. The summed E-state index contributed by atoms with van der Waals surface area (Å²) in [6, 6.07) is 13.0. The molecular formula is C18H18N2O2. The second-order valence-electron chi connectivity index (χ2n) is 4.66. The summed E-state index contributed by atoms with van der Waals surface area (Å²) in [6.07, 6.45) is 2.29. The molecule has 2 rings (SSSR count). The van der Waals surface area contributed by atoms with E-state index in [1.54, 1.807) is 19.4 Å². The van der Waals surface area contributed by atoms with E-state index in [4.69, 9.17) is 4.74 Å². The van der Waals surface area contributed by atoms with Crippen molar-refractivity contribution in [3.8, 4) is 11.8 Å². The van der Waals surface area contributed by atoms with Crippen molar-refractivity contribution in [2.45, 2.75) is 13.0 Å². The number of rotatable bonds is 5. The van der Waals surface area contributed by atoms with Crippen LogP contribution in [0.2, 0.25) is 0 Å². The minimum absolute atomic E-state index is 0.0995. The van der Waals surface area contributed by atoms with E-state index in [-0.39, 0.29) is 5.91 Å². The lowest BCUT2D eigenvalue weighted by molar-refractivity contribution is 0.0954. The van der Waals surface area contributed by atoms with Crippen molar-refractivity contribution in [1.82, 2.24) is 10.3 Å². The van der Waals surface area contributed by atoms with Gasteiger partial charge in [0.25, 0.3) is 5.91 Å². The summed E-state index contributed by atoms with van der Waals surface area (Å²) in [5.74, 6) is 5.85. The highest BCUT2D eigenvalue weighted by molar-refractivity contribution is 5.94. The highest BCUT2D eigenvalue weighted by atomic mass is 16.5. The molecule has 0 aliphatic carbocycles. The van der Waals surface area contributed by atoms with E-state index in [2.05, 4.69) is 22.1 Å². The first-order chi connectivity index (χ1) is 10.8. The van der Waals surface area contributed by atoms with Crippen LogP contribution in [0.1, 0.15) is 28.0 Å². The molecule has 4 heteroatoms. The average molecular weight is 294 g/mol. The molecule has 0 atom stereocenters. The van der Waals surface area contributed by atoms with Gasteiger partial charge in [0.1, 0.15) is 5.69 Å². The molecule has 0 fully saturated rings. The zero-order valence-electron chi connectivity index (χ0n) is 12.5. The number of nitrogens with zero attached hydrogens (tertiary/aromatic N) is 1. The first-order valence-corrected chi connectivity index (χ1v) is 7.05. The number of methoxy groups -OCH3 is 1. The van der Waals surface area contributed by atoms with Crippen molar-refractivity contribution < 1.29 is 9.53 Å². The fourth-order valence-electron chi connectivity index (χ4n) is 1.90. The molecule has 1 heterocycles. The fourth-order valence-corrected chi connectivity index (χ4v) is 1.90. The highest BCUT2D eigenvalue weighted by Crippen LogP contribution is 2.06. The van der Waals surface area contributed by atoms with Crippen molar-refractivity contribution in [1.29, 1.82) is 0 Å². The highest BCUT2D eigenvalue weighted by Gasteiger charge is 2.04. The van der Waals surface area contributed by atoms with Gasteiger partial charge in [-0.05, 0) is 35.7 Å². The second-order valence-corrected chi connectivity index (χ2v) is 4.66. The molecular weight excluding hydrogens is 276 g/mol. The van der Waals surface area contributed by atoms with Crippen LogP contribution in [-0.2, 0) is 11.3 Å². The smallest absolute Gasteiger partial charge is 0.251 e. The summed E-state index contributed by atoms with van der Waals surface area (Å²) >= 11 is 0. The Morgan fingerprint density at radius 1 is 1.27 bits per heavy atom. The van der Waals surface area contributed by atoms with Crippen LogP contribution in [0.25, 0.3) is 0 Å². The van der Waals surface area contributed by atoms with Crippen LogP contribution in [0, 0.1) is 11.8 Å². The van der Waals surface area contributed by atoms with Crippen molar-refractivity contribution >= 4 is 5.91 Å². The van der Waals surface area contributed by atoms with Crippen LogP contribution in [-0.4, -0.2) is 24.5 Å². The Kier molecular flexibility index (Phi) is 6.16. The molecule has 1 amide bonds. The third-order valence-electron chi connectivity index (χ3n) is 2.92. The van der Waals surface area contributed by atoms with Crippen LogP contribution in [0.15, 0.2) is 48.7 Å². The molecule has 0 bridgehead atoms. The summed E-state index contributed by atoms with van der Waals surface area (Å²) in [6.45, 7) is 1.00. The van der Waals surface area contributed by atoms with Crippen LogP contribution < -0.4 is 5.32 Å². The largest absolute Gasteiger partial charge is 0.380 e. The van der Waals surface area contributed by atoms with E-state index < -0.39 is 0 Å². The van der Waals surface area contributed by atoms with Gasteiger partial charge in [0.2, 0.25) is 0 Å². The van der Waals surface area contributed by atoms with Gasteiger partial charge in [0.05, 0.1) is 6.61 Å². The van der Waals surface area contributed by atoms with Crippen LogP contribution in [0.5, 0.6) is 0 Å². The van der Waals surface area contributed by atoms with E-state index in [9.17, 15) is 4.79 Å². The Morgan fingerprint density at radius 3 is 2.95 bits per heavy atom. The predicted molar refractivity (Wildman–Crippen MR) is 85.2 cm³/mol. The molecule has 1 aromatic carbocycles. The summed E-state index contributed by atoms with van der Waals surface area (Å²) in [5.41, 5.74) is 2.35. The van der Waals surface area contributed by atoms with Gasteiger partial charge in [-0.25, -0.2) is 4.98 Å². The Labute approximate surface area is 130 Å². The number of benzene rings is 1. The predicted octanol–water partition coefficient (Wildman–Crippen LogP) is 2.40. The van der Waals surface area contributed by atoms with Gasteiger partial charge in [-0.3, -0.25) is 4.79 Å². The number of ether oxygens (including phenoxy) is 1. The molecule has 22 heavy (non-hydrogen) atoms. The maximum absolute atomic E-state index is 12.0. The zero-order chi connectivity index (χ0) is 15.6. The van der Waals surface area contributed by atoms with Crippen LogP contribution >= 0.6 is 0 Å². The lowest BCUT2D eigenvalue weighted by atomic mass is 10.1. The molecule has 112 valence electrons. The van der Waals surface area contributed by atoms with Crippen LogP contribution in [0.4, 0.5) is 0 Å². The average Bonchev–Trinajstić information content (AvgIpc) is 2.56. The number of carbonyl (C=O) groups excluding carboxylic acids is 1. The molecule has 0 aliphatic rings. The number of amides is 1. The third-order valence-corrected chi connectivity index (χ3v) is 2.92. The van der Waals surface area contributed by atoms with E-state index >= 15 is 0 Å². The van der Waals surface area contributed by atoms with Gasteiger partial charge in [-0.15, -0.1) is 0 Å². The normalized spacial score (nSPS) is 9.68. The SMILES string of the molecule is COCc1cccc(C(=O)NCCC#Cc2ccccn2)c1. The molecule has 0 radical (unpaired) electrons. The van der Waals surface area contributed by atoms with Gasteiger partial charge in [-0.2, -0.15) is 0 Å². The Morgan fingerprint density at radius 2 is 2.18 bits per heavy atom. The number of aromatic nitrogens is 1. The Balaban J connectivity index is 1.81. The van der Waals surface area contributed by atoms with Gasteiger partial charge >= 0.3 is 0 Å². The molecule has 0 aliphatic heterocycles. The van der Waals surface area contributed by atoms with Crippen molar-refractivity contribution in [2.75, 3.05) is 13.7 Å². The standard InChI is InChI=1S/C18H18N2O2/c1-22-14-15-7-6-8-16(13-15)18(21)20-12-5-3-10-17-9-2-4-11-19-17/h2,4,6-9,11,13H,5,12,14H2,1H3,(H,20,21). The maximum Gasteiger partial charge on any atom is 0.251 e. The Bertz CT molecular complexity index is 672. The van der Waals surface area contributed by atoms with Crippen molar-refractivity contribution in [2.24, 2.45) is 0 Å². The lowest BCUT2D eigenvalue weighted by Crippen LogP contribution is -2.24. The fraction of sp³-hybridized carbons (Fsp3) is 0.222. The van der Waals surface area contributed by atoms with Gasteiger partial charge < -0.3 is 10.1 Å². The molecule has 0 unspecified atom stereocenters. The van der Waals surface area contributed by atoms with Crippen molar-refractivity contribution in [3.63, 3.8) is 0 Å². The topological polar surface area (TPSA) is 51.2 Å². The molecule has 2 aromatic rings. The molecule has 0 saturated heterocycles. The maximum atomic E-state index is 12.0. The van der Waals surface area contributed by atoms with E-state index in [0.717, 1.165) is 11.3 Å². The van der Waals surface area contributed by atoms with Crippen molar-refractivity contribution in [3.05, 3.63) is 65.5 Å². The summed E-state index contributed by atoms with van der Waals surface area (Å²) < 4.78 is 5.06. The molecule has 1 N–H and O–H groups in total. The van der Waals surface area contributed by atoms with Crippen LogP contribution in [0.3, 0.4) is 0 Å². The number of pyridine rings is 1. The zero-order valence-corrected chi connectivity index (χ0v) is 12.5. The van der Waals surface area contributed by atoms with E-state index in [0.29, 0.717) is 25.1 Å². The minimum atomic E-state index is -0.0995. The monoisotopic (exact) mass is 294 g/mol. The lowest BCUT2D eigenvalue weighted by Gasteiger charge is -2.05. The van der Waals surface area contributed by atoms with Gasteiger partial charge in [0.15, 0.2) is 0 Å². The first kappa shape index (κ1) is 15.7. The minimum Gasteiger partial charge on any atom is -0.380 e. The molecule has 4 nitrogen and oxygen atoms in total. The number of hydrogen-bond acceptors (Lipinski definition) is 3. The third kappa shape index (κ3) is 5.04. The quantitative estimate of drug-likeness (QED) is 0.680. The van der Waals surface area contributed by atoms with Gasteiger partial charge in [-0.1, -0.05) is 24.1 Å². The second kappa shape index (κ2) is 8.60. The number of nitrogens with one attached hydrogen (secondary N) is 1.